The summed E-state index contributed by atoms with van der Waals surface area (Å²) in [7, 11) is 1.90. The van der Waals surface area contributed by atoms with Gasteiger partial charge in [-0.1, -0.05) is 11.6 Å². The second-order valence-electron chi connectivity index (χ2n) is 4.15. The number of aryl methyl sites for hydroxylation is 2. The van der Waals surface area contributed by atoms with Gasteiger partial charge < -0.3 is 10.5 Å². The van der Waals surface area contributed by atoms with Gasteiger partial charge in [0, 0.05) is 24.2 Å². The lowest BCUT2D eigenvalue weighted by molar-refractivity contribution is 0.292. The highest BCUT2D eigenvalue weighted by atomic mass is 35.5. The molecule has 0 amide bonds. The second kappa shape index (κ2) is 5.42. The normalized spacial score (nSPS) is 10.7. The third-order valence-electron chi connectivity index (χ3n) is 2.72. The van der Waals surface area contributed by atoms with E-state index >= 15 is 0 Å². The first-order chi connectivity index (χ1) is 8.60. The van der Waals surface area contributed by atoms with E-state index in [1.54, 1.807) is 6.07 Å². The maximum absolute atomic E-state index is 5.92. The largest absolute Gasteiger partial charge is 0.487 e. The van der Waals surface area contributed by atoms with Crippen LogP contribution >= 0.6 is 11.6 Å². The summed E-state index contributed by atoms with van der Waals surface area (Å²) in [6.45, 7) is 2.82. The number of hydrogen-bond acceptors (Lipinski definition) is 3. The van der Waals surface area contributed by atoms with Gasteiger partial charge in [-0.2, -0.15) is 5.10 Å². The predicted octanol–water partition coefficient (Wildman–Crippen LogP) is 2.42. The van der Waals surface area contributed by atoms with Gasteiger partial charge in [-0.15, -0.1) is 0 Å². The van der Waals surface area contributed by atoms with Gasteiger partial charge in [0.05, 0.1) is 11.4 Å². The summed E-state index contributed by atoms with van der Waals surface area (Å²) in [5.41, 5.74) is 8.57. The van der Waals surface area contributed by atoms with E-state index in [0.29, 0.717) is 18.2 Å². The summed E-state index contributed by atoms with van der Waals surface area (Å²) in [6.07, 6.45) is 0. The zero-order chi connectivity index (χ0) is 13.1. The molecule has 1 aromatic carbocycles. The zero-order valence-electron chi connectivity index (χ0n) is 10.5. The molecule has 0 radical (unpaired) electrons. The minimum atomic E-state index is 0.403. The predicted molar refractivity (Wildman–Crippen MR) is 71.6 cm³/mol. The lowest BCUT2D eigenvalue weighted by Crippen LogP contribution is -2.06. The number of nitrogens with zero attached hydrogens (tertiary/aromatic N) is 2. The van der Waals surface area contributed by atoms with Crippen LogP contribution in [0.4, 0.5) is 0 Å². The van der Waals surface area contributed by atoms with Gasteiger partial charge in [-0.25, -0.2) is 0 Å². The third kappa shape index (κ3) is 2.83. The van der Waals surface area contributed by atoms with Crippen molar-refractivity contribution in [2.24, 2.45) is 12.8 Å². The van der Waals surface area contributed by atoms with Crippen molar-refractivity contribution in [3.63, 3.8) is 0 Å². The highest BCUT2D eigenvalue weighted by Gasteiger charge is 2.06. The first kappa shape index (κ1) is 12.9. The smallest absolute Gasteiger partial charge is 0.130 e. The molecule has 0 saturated heterocycles. The van der Waals surface area contributed by atoms with Gasteiger partial charge in [-0.3, -0.25) is 4.68 Å². The van der Waals surface area contributed by atoms with Crippen LogP contribution in [-0.4, -0.2) is 9.78 Å². The summed E-state index contributed by atoms with van der Waals surface area (Å²) in [5, 5.41) is 4.94. The Kier molecular flexibility index (Phi) is 3.89. The van der Waals surface area contributed by atoms with Gasteiger partial charge in [0.15, 0.2) is 0 Å². The van der Waals surface area contributed by atoms with E-state index in [0.717, 1.165) is 22.7 Å². The van der Waals surface area contributed by atoms with Gasteiger partial charge >= 0.3 is 0 Å². The Morgan fingerprint density at radius 2 is 2.17 bits per heavy atom. The van der Waals surface area contributed by atoms with Crippen LogP contribution < -0.4 is 10.5 Å². The Morgan fingerprint density at radius 3 is 2.78 bits per heavy atom. The SMILES string of the molecule is Cc1cc(COc2ccc(Cl)cc2CN)n(C)n1. The fourth-order valence-electron chi connectivity index (χ4n) is 1.80. The summed E-state index contributed by atoms with van der Waals surface area (Å²) < 4.78 is 7.58. The first-order valence-electron chi connectivity index (χ1n) is 5.71. The highest BCUT2D eigenvalue weighted by Crippen LogP contribution is 2.23. The molecular formula is C13H16ClN3O. The summed E-state index contributed by atoms with van der Waals surface area (Å²) >= 11 is 5.92. The molecule has 4 nitrogen and oxygen atoms in total. The number of nitrogens with two attached hydrogens (primary N) is 1. The first-order valence-corrected chi connectivity index (χ1v) is 6.08. The number of aromatic nitrogens is 2. The van der Waals surface area contributed by atoms with E-state index in [1.807, 2.05) is 36.9 Å². The molecule has 2 aromatic rings. The Balaban J connectivity index is 2.13. The number of halogens is 1. The Bertz CT molecular complexity index is 551. The average Bonchev–Trinajstić information content (AvgIpc) is 2.66. The van der Waals surface area contributed by atoms with Crippen LogP contribution in [-0.2, 0) is 20.2 Å². The van der Waals surface area contributed by atoms with Gasteiger partial charge in [-0.05, 0) is 31.2 Å². The van der Waals surface area contributed by atoms with Gasteiger partial charge in [0.25, 0.3) is 0 Å². The molecule has 0 aliphatic heterocycles. The van der Waals surface area contributed by atoms with Crippen LogP contribution in [0, 0.1) is 6.92 Å². The minimum Gasteiger partial charge on any atom is -0.487 e. The van der Waals surface area contributed by atoms with Crippen molar-refractivity contribution < 1.29 is 4.74 Å². The van der Waals surface area contributed by atoms with Crippen molar-refractivity contribution in [2.75, 3.05) is 0 Å². The Hall–Kier alpha value is -1.52. The molecule has 0 atom stereocenters. The van der Waals surface area contributed by atoms with Crippen LogP contribution in [0.25, 0.3) is 0 Å². The molecule has 18 heavy (non-hydrogen) atoms. The third-order valence-corrected chi connectivity index (χ3v) is 2.95. The molecule has 1 heterocycles. The van der Waals surface area contributed by atoms with Crippen LogP contribution in [0.5, 0.6) is 5.75 Å². The van der Waals surface area contributed by atoms with Crippen molar-refractivity contribution >= 4 is 11.6 Å². The van der Waals surface area contributed by atoms with Gasteiger partial charge in [0.2, 0.25) is 0 Å². The Labute approximate surface area is 111 Å². The molecule has 2 rings (SSSR count). The molecule has 5 heteroatoms. The standard InChI is InChI=1S/C13H16ClN3O/c1-9-5-12(17(2)16-9)8-18-13-4-3-11(14)6-10(13)7-15/h3-6H,7-8,15H2,1-2H3. The fraction of sp³-hybridized carbons (Fsp3) is 0.308. The lowest BCUT2D eigenvalue weighted by atomic mass is 10.2. The van der Waals surface area contributed by atoms with Crippen molar-refractivity contribution in [1.82, 2.24) is 9.78 Å². The van der Waals surface area contributed by atoms with E-state index in [1.165, 1.54) is 0 Å². The zero-order valence-corrected chi connectivity index (χ0v) is 11.2. The number of ether oxygens (including phenoxy) is 1. The monoisotopic (exact) mass is 265 g/mol. The number of rotatable bonds is 4. The molecule has 0 saturated carbocycles. The molecule has 96 valence electrons. The van der Waals surface area contributed by atoms with E-state index in [-0.39, 0.29) is 0 Å². The van der Waals surface area contributed by atoms with Crippen LogP contribution in [0.1, 0.15) is 17.0 Å². The van der Waals surface area contributed by atoms with E-state index in [2.05, 4.69) is 5.10 Å². The number of hydrogen-bond donors (Lipinski definition) is 1. The molecule has 0 unspecified atom stereocenters. The average molecular weight is 266 g/mol. The lowest BCUT2D eigenvalue weighted by Gasteiger charge is -2.10. The van der Waals surface area contributed by atoms with Crippen molar-refractivity contribution in [2.45, 2.75) is 20.1 Å². The van der Waals surface area contributed by atoms with E-state index in [4.69, 9.17) is 22.1 Å². The topological polar surface area (TPSA) is 53.1 Å². The molecule has 0 aliphatic rings. The van der Waals surface area contributed by atoms with E-state index in [9.17, 15) is 0 Å². The fourth-order valence-corrected chi connectivity index (χ4v) is 1.99. The van der Waals surface area contributed by atoms with Crippen LogP contribution in [0.3, 0.4) is 0 Å². The molecule has 1 aromatic heterocycles. The van der Waals surface area contributed by atoms with Crippen LogP contribution in [0.15, 0.2) is 24.3 Å². The highest BCUT2D eigenvalue weighted by molar-refractivity contribution is 6.30. The summed E-state index contributed by atoms with van der Waals surface area (Å²) in [5.74, 6) is 0.765. The Morgan fingerprint density at radius 1 is 1.39 bits per heavy atom. The second-order valence-corrected chi connectivity index (χ2v) is 4.58. The molecule has 0 spiro atoms. The molecular weight excluding hydrogens is 250 g/mol. The maximum atomic E-state index is 5.92. The molecule has 2 N–H and O–H groups in total. The molecule has 0 aliphatic carbocycles. The summed E-state index contributed by atoms with van der Waals surface area (Å²) in [6, 6.07) is 7.46. The number of benzene rings is 1. The quantitative estimate of drug-likeness (QED) is 0.924. The maximum Gasteiger partial charge on any atom is 0.130 e. The minimum absolute atomic E-state index is 0.403. The molecule has 0 bridgehead atoms. The van der Waals surface area contributed by atoms with Crippen molar-refractivity contribution in [3.05, 3.63) is 46.2 Å². The van der Waals surface area contributed by atoms with Crippen molar-refractivity contribution in [1.29, 1.82) is 0 Å². The van der Waals surface area contributed by atoms with Gasteiger partial charge in [0.1, 0.15) is 12.4 Å². The molecule has 0 fully saturated rings. The van der Waals surface area contributed by atoms with Crippen molar-refractivity contribution in [3.8, 4) is 5.75 Å². The van der Waals surface area contributed by atoms with Crippen LogP contribution in [0.2, 0.25) is 5.02 Å². The summed E-state index contributed by atoms with van der Waals surface area (Å²) in [4.78, 5) is 0. The van der Waals surface area contributed by atoms with E-state index < -0.39 is 0 Å².